The third-order valence-corrected chi connectivity index (χ3v) is 4.84. The van der Waals surface area contributed by atoms with Crippen LogP contribution in [0.5, 0.6) is 5.75 Å². The monoisotopic (exact) mass is 353 g/mol. The van der Waals surface area contributed by atoms with E-state index in [1.54, 1.807) is 18.2 Å². The summed E-state index contributed by atoms with van der Waals surface area (Å²) in [5.41, 5.74) is 1.99. The maximum absolute atomic E-state index is 12.4. The molecule has 6 heteroatoms. The maximum Gasteiger partial charge on any atom is 0.242 e. The van der Waals surface area contributed by atoms with Gasteiger partial charge in [-0.2, -0.15) is 5.10 Å². The maximum atomic E-state index is 12.4. The summed E-state index contributed by atoms with van der Waals surface area (Å²) in [5.74, 6) is 0.857. The van der Waals surface area contributed by atoms with Gasteiger partial charge in [-0.25, -0.2) is 0 Å². The summed E-state index contributed by atoms with van der Waals surface area (Å²) in [4.78, 5) is 14.1. The highest BCUT2D eigenvalue weighted by atomic mass is 32.2. The molecule has 0 saturated carbocycles. The fourth-order valence-electron chi connectivity index (χ4n) is 2.41. The number of rotatable bonds is 5. The second-order valence-corrected chi connectivity index (χ2v) is 6.88. The Morgan fingerprint density at radius 2 is 1.88 bits per heavy atom. The molecular formula is C19H19N3O2S. The van der Waals surface area contributed by atoms with Crippen molar-refractivity contribution in [2.75, 3.05) is 7.11 Å². The zero-order chi connectivity index (χ0) is 17.6. The van der Waals surface area contributed by atoms with Crippen LogP contribution in [0.1, 0.15) is 18.1 Å². The van der Waals surface area contributed by atoms with Gasteiger partial charge in [0.25, 0.3) is 0 Å². The SMILES string of the molecule is COc1ccc(/C=N\N=C2\S[C@H](C)C(=O)N2Cc2ccccc2)cc1. The van der Waals surface area contributed by atoms with Crippen LogP contribution in [-0.4, -0.2) is 34.5 Å². The molecule has 1 amide bonds. The molecule has 0 spiro atoms. The first-order valence-electron chi connectivity index (χ1n) is 7.94. The van der Waals surface area contributed by atoms with E-state index in [9.17, 15) is 4.79 Å². The topological polar surface area (TPSA) is 54.3 Å². The van der Waals surface area contributed by atoms with E-state index in [4.69, 9.17) is 4.74 Å². The summed E-state index contributed by atoms with van der Waals surface area (Å²) >= 11 is 1.43. The average molecular weight is 353 g/mol. The van der Waals surface area contributed by atoms with Gasteiger partial charge in [0, 0.05) is 0 Å². The van der Waals surface area contributed by atoms with Crippen molar-refractivity contribution in [2.45, 2.75) is 18.7 Å². The fraction of sp³-hybridized carbons (Fsp3) is 0.211. The zero-order valence-corrected chi connectivity index (χ0v) is 14.9. The Morgan fingerprint density at radius 1 is 1.16 bits per heavy atom. The number of benzene rings is 2. The number of amides is 1. The summed E-state index contributed by atoms with van der Waals surface area (Å²) in [6.45, 7) is 2.40. The molecule has 2 aromatic carbocycles. The largest absolute Gasteiger partial charge is 0.497 e. The lowest BCUT2D eigenvalue weighted by molar-refractivity contribution is -0.126. The van der Waals surface area contributed by atoms with Crippen LogP contribution < -0.4 is 4.74 Å². The Kier molecular flexibility index (Phi) is 5.50. The molecule has 1 aliphatic heterocycles. The second kappa shape index (κ2) is 7.98. The quantitative estimate of drug-likeness (QED) is 0.610. The van der Waals surface area contributed by atoms with E-state index in [1.807, 2.05) is 61.5 Å². The van der Waals surface area contributed by atoms with Crippen LogP contribution in [0.2, 0.25) is 0 Å². The van der Waals surface area contributed by atoms with Gasteiger partial charge >= 0.3 is 0 Å². The van der Waals surface area contributed by atoms with Crippen molar-refractivity contribution >= 4 is 29.1 Å². The zero-order valence-electron chi connectivity index (χ0n) is 14.1. The first-order chi connectivity index (χ1) is 12.2. The summed E-state index contributed by atoms with van der Waals surface area (Å²) in [6.07, 6.45) is 1.67. The Bertz CT molecular complexity index is 788. The van der Waals surface area contributed by atoms with Crippen molar-refractivity contribution in [3.05, 3.63) is 65.7 Å². The predicted octanol–water partition coefficient (Wildman–Crippen LogP) is 3.55. The van der Waals surface area contributed by atoms with Crippen LogP contribution in [0.15, 0.2) is 64.8 Å². The number of nitrogens with zero attached hydrogens (tertiary/aromatic N) is 3. The molecule has 0 N–H and O–H groups in total. The Labute approximate surface area is 151 Å². The van der Waals surface area contributed by atoms with E-state index in [0.717, 1.165) is 16.9 Å². The molecule has 3 rings (SSSR count). The summed E-state index contributed by atoms with van der Waals surface area (Å²) in [6, 6.07) is 17.4. The minimum Gasteiger partial charge on any atom is -0.497 e. The van der Waals surface area contributed by atoms with E-state index in [-0.39, 0.29) is 11.2 Å². The normalized spacial score (nSPS) is 19.1. The van der Waals surface area contributed by atoms with Crippen molar-refractivity contribution in [3.63, 3.8) is 0 Å². The molecular weight excluding hydrogens is 334 g/mol. The van der Waals surface area contributed by atoms with Crippen LogP contribution in [0, 0.1) is 0 Å². The molecule has 128 valence electrons. The van der Waals surface area contributed by atoms with Crippen molar-refractivity contribution in [2.24, 2.45) is 10.2 Å². The number of hydrogen-bond donors (Lipinski definition) is 0. The van der Waals surface area contributed by atoms with Gasteiger partial charge in [0.15, 0.2) is 5.17 Å². The lowest BCUT2D eigenvalue weighted by Crippen LogP contribution is -2.30. The van der Waals surface area contributed by atoms with Gasteiger partial charge in [-0.1, -0.05) is 42.1 Å². The van der Waals surface area contributed by atoms with Crippen molar-refractivity contribution in [1.82, 2.24) is 4.90 Å². The molecule has 2 aromatic rings. The van der Waals surface area contributed by atoms with Gasteiger partial charge in [0.05, 0.1) is 25.1 Å². The van der Waals surface area contributed by atoms with Crippen LogP contribution >= 0.6 is 11.8 Å². The highest BCUT2D eigenvalue weighted by Gasteiger charge is 2.35. The predicted molar refractivity (Wildman–Crippen MR) is 102 cm³/mol. The average Bonchev–Trinajstić information content (AvgIpc) is 2.91. The van der Waals surface area contributed by atoms with Crippen LogP contribution in [0.3, 0.4) is 0 Å². The smallest absolute Gasteiger partial charge is 0.242 e. The molecule has 0 aliphatic carbocycles. The van der Waals surface area contributed by atoms with E-state index >= 15 is 0 Å². The molecule has 1 atom stereocenters. The summed E-state index contributed by atoms with van der Waals surface area (Å²) in [7, 11) is 1.63. The Morgan fingerprint density at radius 3 is 2.56 bits per heavy atom. The molecule has 25 heavy (non-hydrogen) atoms. The van der Waals surface area contributed by atoms with Gasteiger partial charge < -0.3 is 4.74 Å². The lowest BCUT2D eigenvalue weighted by atomic mass is 10.2. The molecule has 1 aliphatic rings. The third kappa shape index (κ3) is 4.28. The molecule has 0 aromatic heterocycles. The molecule has 1 saturated heterocycles. The van der Waals surface area contributed by atoms with Crippen molar-refractivity contribution in [3.8, 4) is 5.75 Å². The van der Waals surface area contributed by atoms with E-state index in [0.29, 0.717) is 11.7 Å². The van der Waals surface area contributed by atoms with Gasteiger partial charge in [0.2, 0.25) is 5.91 Å². The number of hydrogen-bond acceptors (Lipinski definition) is 5. The van der Waals surface area contributed by atoms with Crippen molar-refractivity contribution in [1.29, 1.82) is 0 Å². The summed E-state index contributed by atoms with van der Waals surface area (Å²) in [5, 5.41) is 8.90. The molecule has 1 heterocycles. The highest BCUT2D eigenvalue weighted by molar-refractivity contribution is 8.15. The minimum atomic E-state index is -0.140. The molecule has 0 radical (unpaired) electrons. The van der Waals surface area contributed by atoms with Gasteiger partial charge in [-0.15, -0.1) is 5.10 Å². The number of carbonyl (C=O) groups excluding carboxylic acids is 1. The van der Waals surface area contributed by atoms with Gasteiger partial charge in [0.1, 0.15) is 5.75 Å². The number of amidine groups is 1. The number of ether oxygens (including phenoxy) is 1. The molecule has 5 nitrogen and oxygen atoms in total. The van der Waals surface area contributed by atoms with E-state index in [2.05, 4.69) is 10.2 Å². The van der Waals surface area contributed by atoms with Gasteiger partial charge in [-0.05, 0) is 42.3 Å². The van der Waals surface area contributed by atoms with Gasteiger partial charge in [-0.3, -0.25) is 9.69 Å². The number of methoxy groups -OCH3 is 1. The second-order valence-electron chi connectivity index (χ2n) is 5.57. The Balaban J connectivity index is 1.74. The van der Waals surface area contributed by atoms with E-state index in [1.165, 1.54) is 11.8 Å². The number of carbonyl (C=O) groups is 1. The Hall–Kier alpha value is -2.60. The molecule has 0 unspecified atom stereocenters. The van der Waals surface area contributed by atoms with E-state index < -0.39 is 0 Å². The molecule has 0 bridgehead atoms. The van der Waals surface area contributed by atoms with Crippen LogP contribution in [0.25, 0.3) is 0 Å². The lowest BCUT2D eigenvalue weighted by Gasteiger charge is -2.15. The van der Waals surface area contributed by atoms with Crippen molar-refractivity contribution < 1.29 is 9.53 Å². The van der Waals surface area contributed by atoms with Crippen LogP contribution in [0.4, 0.5) is 0 Å². The summed E-state index contributed by atoms with van der Waals surface area (Å²) < 4.78 is 5.13. The standard InChI is InChI=1S/C19H19N3O2S/c1-14-18(23)22(13-16-6-4-3-5-7-16)19(25-14)21-20-12-15-8-10-17(24-2)11-9-15/h3-12,14H,13H2,1-2H3/b20-12-,21-19+/t14-/m1/s1. The highest BCUT2D eigenvalue weighted by Crippen LogP contribution is 2.28. The number of thioether (sulfide) groups is 1. The molecule has 1 fully saturated rings. The first-order valence-corrected chi connectivity index (χ1v) is 8.82. The fourth-order valence-corrected chi connectivity index (χ4v) is 3.33. The third-order valence-electron chi connectivity index (χ3n) is 3.78. The first kappa shape index (κ1) is 17.2. The van der Waals surface area contributed by atoms with Crippen LogP contribution in [-0.2, 0) is 11.3 Å². The minimum absolute atomic E-state index is 0.0623.